The number of aromatic amines is 1. The van der Waals surface area contributed by atoms with Crippen molar-refractivity contribution in [3.05, 3.63) is 66.6 Å². The van der Waals surface area contributed by atoms with E-state index in [0.29, 0.717) is 57.2 Å². The molecule has 0 aliphatic heterocycles. The second-order valence-corrected chi connectivity index (χ2v) is 10.7. The molecule has 9 nitrogen and oxygen atoms in total. The molecule has 1 aromatic heterocycles. The van der Waals surface area contributed by atoms with E-state index in [4.69, 9.17) is 14.2 Å². The van der Waals surface area contributed by atoms with Gasteiger partial charge in [0.25, 0.3) is 0 Å². The van der Waals surface area contributed by atoms with Crippen LogP contribution < -0.4 is 19.1 Å². The van der Waals surface area contributed by atoms with E-state index >= 15 is 0 Å². The molecule has 0 saturated carbocycles. The summed E-state index contributed by atoms with van der Waals surface area (Å²) in [5.74, 6) is 0.362. The molecule has 0 spiro atoms. The number of nitrogens with one attached hydrogen (secondary N) is 1. The van der Waals surface area contributed by atoms with Crippen molar-refractivity contribution < 1.29 is 34.0 Å². The summed E-state index contributed by atoms with van der Waals surface area (Å²) in [7, 11) is 0. The maximum atomic E-state index is 11.8. The molecule has 1 unspecified atom stereocenters. The fourth-order valence-corrected chi connectivity index (χ4v) is 4.86. The molecule has 1 heterocycles. The molecule has 3 N–H and O–H groups in total. The minimum Gasteiger partial charge on any atom is -0.494 e. The summed E-state index contributed by atoms with van der Waals surface area (Å²) >= 11 is 0.963. The Kier molecular flexibility index (Phi) is 9.01. The van der Waals surface area contributed by atoms with E-state index in [1.54, 1.807) is 39.8 Å². The fraction of sp³-hybridized carbons (Fsp3) is 0.393. The van der Waals surface area contributed by atoms with Crippen LogP contribution in [0, 0.1) is 20.8 Å². The van der Waals surface area contributed by atoms with E-state index in [2.05, 4.69) is 4.98 Å². The zero-order valence-electron chi connectivity index (χ0n) is 22.4. The van der Waals surface area contributed by atoms with Crippen molar-refractivity contribution in [3.8, 4) is 23.1 Å². The molecule has 3 rings (SSSR count). The Morgan fingerprint density at radius 3 is 2.11 bits per heavy atom. The number of carbonyl (C=O) groups is 2. The van der Waals surface area contributed by atoms with Gasteiger partial charge in [-0.2, -0.15) is 0 Å². The standard InChI is InChI=1S/C28H33NO8S/c1-15-16(2)25(37-19(5)31)22(17(3)24(15)36-18(4)30)11-12-28(6,34)14-35-21-9-7-20(8-10-21)13-23-26(32)29-27(33)38-23/h7-10,32,34H,11-14H2,1-6H3,(H,29,33). The molecule has 0 radical (unpaired) electrons. The van der Waals surface area contributed by atoms with Crippen LogP contribution in [0.3, 0.4) is 0 Å². The number of hydrogen-bond acceptors (Lipinski definition) is 9. The van der Waals surface area contributed by atoms with Crippen molar-refractivity contribution in [2.75, 3.05) is 6.61 Å². The fourth-order valence-electron chi connectivity index (χ4n) is 4.10. The highest BCUT2D eigenvalue weighted by molar-refractivity contribution is 7.09. The van der Waals surface area contributed by atoms with Crippen LogP contribution in [0.2, 0.25) is 0 Å². The van der Waals surface area contributed by atoms with E-state index in [9.17, 15) is 24.6 Å². The molecular weight excluding hydrogens is 510 g/mol. The van der Waals surface area contributed by atoms with Crippen LogP contribution in [0.1, 0.15) is 59.9 Å². The molecule has 0 aliphatic carbocycles. The van der Waals surface area contributed by atoms with Gasteiger partial charge in [0.2, 0.25) is 5.88 Å². The SMILES string of the molecule is CC(=O)Oc1c(C)c(C)c(OC(C)=O)c(CCC(C)(O)COc2ccc(Cc3sc(=O)[nH]c3O)cc2)c1C. The third kappa shape index (κ3) is 7.23. The second-order valence-electron chi connectivity index (χ2n) is 9.59. The lowest BCUT2D eigenvalue weighted by atomic mass is 9.90. The lowest BCUT2D eigenvalue weighted by Crippen LogP contribution is -2.33. The van der Waals surface area contributed by atoms with Gasteiger partial charge < -0.3 is 24.4 Å². The van der Waals surface area contributed by atoms with Crippen LogP contribution in [0.15, 0.2) is 29.1 Å². The van der Waals surface area contributed by atoms with Gasteiger partial charge in [-0.05, 0) is 74.9 Å². The number of esters is 2. The van der Waals surface area contributed by atoms with E-state index in [-0.39, 0.29) is 23.8 Å². The third-order valence-corrected chi connectivity index (χ3v) is 7.13. The summed E-state index contributed by atoms with van der Waals surface area (Å²) in [5, 5.41) is 20.8. The Hall–Kier alpha value is -3.63. The van der Waals surface area contributed by atoms with Crippen LogP contribution in [-0.2, 0) is 22.4 Å². The Morgan fingerprint density at radius 2 is 1.55 bits per heavy atom. The summed E-state index contributed by atoms with van der Waals surface area (Å²) < 4.78 is 16.8. The van der Waals surface area contributed by atoms with Gasteiger partial charge in [-0.25, -0.2) is 0 Å². The number of carbonyl (C=O) groups excluding carboxylic acids is 2. The highest BCUT2D eigenvalue weighted by Gasteiger charge is 2.26. The number of rotatable bonds is 10. The minimum absolute atomic E-state index is 0.0101. The maximum Gasteiger partial charge on any atom is 0.308 e. The van der Waals surface area contributed by atoms with E-state index < -0.39 is 17.5 Å². The van der Waals surface area contributed by atoms with Crippen molar-refractivity contribution in [1.29, 1.82) is 0 Å². The van der Waals surface area contributed by atoms with Gasteiger partial charge in [0.05, 0.1) is 10.5 Å². The van der Waals surface area contributed by atoms with Crippen molar-refractivity contribution in [1.82, 2.24) is 4.98 Å². The van der Waals surface area contributed by atoms with Gasteiger partial charge in [0, 0.05) is 25.8 Å². The number of aliphatic hydroxyl groups is 1. The van der Waals surface area contributed by atoms with Gasteiger partial charge in [-0.3, -0.25) is 19.4 Å². The Bertz CT molecular complexity index is 1390. The number of hydrogen-bond donors (Lipinski definition) is 3. The predicted octanol–water partition coefficient (Wildman–Crippen LogP) is 4.27. The smallest absolute Gasteiger partial charge is 0.308 e. The quantitative estimate of drug-likeness (QED) is 0.255. The summed E-state index contributed by atoms with van der Waals surface area (Å²) in [6.07, 6.45) is 1.04. The van der Waals surface area contributed by atoms with Crippen LogP contribution in [0.5, 0.6) is 23.1 Å². The van der Waals surface area contributed by atoms with Crippen molar-refractivity contribution in [2.45, 2.75) is 66.4 Å². The van der Waals surface area contributed by atoms with Gasteiger partial charge in [-0.1, -0.05) is 23.5 Å². The zero-order chi connectivity index (χ0) is 28.2. The van der Waals surface area contributed by atoms with Crippen molar-refractivity contribution in [3.63, 3.8) is 0 Å². The topological polar surface area (TPSA) is 135 Å². The van der Waals surface area contributed by atoms with Gasteiger partial charge >= 0.3 is 16.8 Å². The van der Waals surface area contributed by atoms with Crippen LogP contribution in [0.4, 0.5) is 0 Å². The largest absolute Gasteiger partial charge is 0.494 e. The first-order chi connectivity index (χ1) is 17.8. The van der Waals surface area contributed by atoms with Gasteiger partial charge in [0.15, 0.2) is 0 Å². The third-order valence-electron chi connectivity index (χ3n) is 6.25. The Labute approximate surface area is 225 Å². The van der Waals surface area contributed by atoms with Crippen molar-refractivity contribution in [2.24, 2.45) is 0 Å². The number of aromatic nitrogens is 1. The first kappa shape index (κ1) is 28.9. The number of benzene rings is 2. The summed E-state index contributed by atoms with van der Waals surface area (Å²) in [6, 6.07) is 7.17. The van der Waals surface area contributed by atoms with E-state index in [1.807, 2.05) is 12.1 Å². The molecule has 38 heavy (non-hydrogen) atoms. The molecule has 1 atom stereocenters. The highest BCUT2D eigenvalue weighted by Crippen LogP contribution is 2.39. The molecule has 10 heteroatoms. The Morgan fingerprint density at radius 1 is 0.974 bits per heavy atom. The van der Waals surface area contributed by atoms with Crippen molar-refractivity contribution >= 4 is 23.3 Å². The van der Waals surface area contributed by atoms with Crippen LogP contribution >= 0.6 is 11.3 Å². The molecule has 2 aromatic carbocycles. The number of H-pyrrole nitrogens is 1. The highest BCUT2D eigenvalue weighted by atomic mass is 32.1. The molecule has 0 saturated heterocycles. The minimum atomic E-state index is -1.22. The molecule has 204 valence electrons. The average Bonchev–Trinajstić information content (AvgIpc) is 3.15. The second kappa shape index (κ2) is 11.8. The predicted molar refractivity (Wildman–Crippen MR) is 144 cm³/mol. The maximum absolute atomic E-state index is 11.8. The van der Waals surface area contributed by atoms with Crippen LogP contribution in [-0.4, -0.2) is 39.3 Å². The number of thiazole rings is 1. The normalized spacial score (nSPS) is 12.6. The molecule has 0 bridgehead atoms. The number of ether oxygens (including phenoxy) is 3. The van der Waals surface area contributed by atoms with Gasteiger partial charge in [0.1, 0.15) is 23.9 Å². The average molecular weight is 544 g/mol. The molecule has 0 aliphatic rings. The lowest BCUT2D eigenvalue weighted by molar-refractivity contribution is -0.133. The van der Waals surface area contributed by atoms with Crippen LogP contribution in [0.25, 0.3) is 0 Å². The zero-order valence-corrected chi connectivity index (χ0v) is 23.2. The molecule has 0 fully saturated rings. The molecule has 3 aromatic rings. The Balaban J connectivity index is 1.71. The summed E-state index contributed by atoms with van der Waals surface area (Å²) in [4.78, 5) is 37.5. The van der Waals surface area contributed by atoms with E-state index in [0.717, 1.165) is 16.9 Å². The van der Waals surface area contributed by atoms with E-state index in [1.165, 1.54) is 13.8 Å². The number of aromatic hydroxyl groups is 1. The molecule has 0 amide bonds. The first-order valence-corrected chi connectivity index (χ1v) is 12.9. The van der Waals surface area contributed by atoms with Gasteiger partial charge in [-0.15, -0.1) is 0 Å². The first-order valence-electron chi connectivity index (χ1n) is 12.1. The summed E-state index contributed by atoms with van der Waals surface area (Å²) in [5.41, 5.74) is 2.42. The summed E-state index contributed by atoms with van der Waals surface area (Å²) in [6.45, 7) is 9.72. The lowest BCUT2D eigenvalue weighted by Gasteiger charge is -2.26. The monoisotopic (exact) mass is 543 g/mol. The molecular formula is C28H33NO8S.